The molecule has 0 aromatic heterocycles. The fraction of sp³-hybridized carbons (Fsp3) is 0.500. The number of hydrogen-bond donors (Lipinski definition) is 2. The fourth-order valence-corrected chi connectivity index (χ4v) is 1.60. The van der Waals surface area contributed by atoms with Crippen LogP contribution in [-0.2, 0) is 0 Å². The SMILES string of the molecule is SC1N[C@@H]1C1=CCCC=C1. The molecule has 2 rings (SSSR count). The van der Waals surface area contributed by atoms with Crippen LogP contribution in [0.5, 0.6) is 0 Å². The third-order valence-electron chi connectivity index (χ3n) is 1.94. The van der Waals surface area contributed by atoms with Crippen LogP contribution in [0.4, 0.5) is 0 Å². The molecule has 1 aliphatic carbocycles. The number of hydrogen-bond acceptors (Lipinski definition) is 2. The normalized spacial score (nSPS) is 37.5. The maximum absolute atomic E-state index is 4.30. The second kappa shape index (κ2) is 2.44. The van der Waals surface area contributed by atoms with Gasteiger partial charge in [0.25, 0.3) is 0 Å². The Morgan fingerprint density at radius 1 is 1.50 bits per heavy atom. The molecule has 0 amide bonds. The summed E-state index contributed by atoms with van der Waals surface area (Å²) in [4.78, 5) is 0. The van der Waals surface area contributed by atoms with Gasteiger partial charge in [0.2, 0.25) is 0 Å². The van der Waals surface area contributed by atoms with E-state index in [1.165, 1.54) is 18.4 Å². The highest BCUT2D eigenvalue weighted by molar-refractivity contribution is 7.81. The van der Waals surface area contributed by atoms with Gasteiger partial charge >= 0.3 is 0 Å². The summed E-state index contributed by atoms with van der Waals surface area (Å²) >= 11 is 4.30. The average Bonchev–Trinajstić information content (AvgIpc) is 2.69. The van der Waals surface area contributed by atoms with Crippen LogP contribution in [0, 0.1) is 0 Å². The van der Waals surface area contributed by atoms with Crippen molar-refractivity contribution >= 4 is 12.6 Å². The maximum Gasteiger partial charge on any atom is 0.0706 e. The van der Waals surface area contributed by atoms with Gasteiger partial charge < -0.3 is 0 Å². The lowest BCUT2D eigenvalue weighted by molar-refractivity contribution is 0.985. The molecule has 0 radical (unpaired) electrons. The van der Waals surface area contributed by atoms with Crippen molar-refractivity contribution in [2.24, 2.45) is 0 Å². The lowest BCUT2D eigenvalue weighted by atomic mass is 10.0. The minimum absolute atomic E-state index is 0.411. The highest BCUT2D eigenvalue weighted by atomic mass is 32.1. The van der Waals surface area contributed by atoms with Gasteiger partial charge in [0, 0.05) is 0 Å². The average molecular weight is 153 g/mol. The Morgan fingerprint density at radius 3 is 2.80 bits per heavy atom. The Kier molecular flexibility index (Phi) is 1.58. The van der Waals surface area contributed by atoms with Gasteiger partial charge in [-0.1, -0.05) is 18.2 Å². The van der Waals surface area contributed by atoms with E-state index in [4.69, 9.17) is 0 Å². The lowest BCUT2D eigenvalue weighted by Gasteiger charge is -2.02. The van der Waals surface area contributed by atoms with Crippen molar-refractivity contribution in [1.82, 2.24) is 5.32 Å². The first-order valence-electron chi connectivity index (χ1n) is 3.68. The summed E-state index contributed by atoms with van der Waals surface area (Å²) in [6, 6.07) is 0.542. The number of allylic oxidation sites excluding steroid dienone is 2. The smallest absolute Gasteiger partial charge is 0.0706 e. The predicted octanol–water partition coefficient (Wildman–Crippen LogP) is 1.49. The van der Waals surface area contributed by atoms with Crippen molar-refractivity contribution in [2.75, 3.05) is 0 Å². The van der Waals surface area contributed by atoms with Crippen LogP contribution in [0.25, 0.3) is 0 Å². The molecular formula is C8H11NS. The summed E-state index contributed by atoms with van der Waals surface area (Å²) in [5, 5.41) is 3.66. The molecule has 0 bridgehead atoms. The summed E-state index contributed by atoms with van der Waals surface area (Å²) in [6.07, 6.45) is 9.14. The van der Waals surface area contributed by atoms with Gasteiger partial charge in [-0.25, -0.2) is 0 Å². The molecule has 2 aliphatic rings. The van der Waals surface area contributed by atoms with E-state index in [0.29, 0.717) is 11.4 Å². The maximum atomic E-state index is 4.30. The standard InChI is InChI=1S/C8H11NS/c10-8-7(9-8)6-4-2-1-3-5-6/h2,4-5,7-10H,1,3H2/t7-,8?/m1/s1. The van der Waals surface area contributed by atoms with E-state index in [1.807, 2.05) is 0 Å². The summed E-state index contributed by atoms with van der Waals surface area (Å²) in [7, 11) is 0. The van der Waals surface area contributed by atoms with E-state index in [9.17, 15) is 0 Å². The zero-order valence-corrected chi connectivity index (χ0v) is 6.64. The molecule has 1 saturated heterocycles. The second-order valence-corrected chi connectivity index (χ2v) is 3.33. The van der Waals surface area contributed by atoms with E-state index in [0.717, 1.165) is 0 Å². The Balaban J connectivity index is 2.04. The summed E-state index contributed by atoms with van der Waals surface area (Å²) < 4.78 is 0. The Bertz CT molecular complexity index is 195. The molecule has 1 unspecified atom stereocenters. The first-order valence-corrected chi connectivity index (χ1v) is 4.20. The first-order chi connectivity index (χ1) is 4.88. The molecule has 2 atom stereocenters. The van der Waals surface area contributed by atoms with E-state index < -0.39 is 0 Å². The predicted molar refractivity (Wildman–Crippen MR) is 46.2 cm³/mol. The summed E-state index contributed by atoms with van der Waals surface area (Å²) in [5.41, 5.74) is 1.42. The molecule has 1 nitrogen and oxygen atoms in total. The van der Waals surface area contributed by atoms with Crippen LogP contribution in [0.2, 0.25) is 0 Å². The molecule has 0 aromatic rings. The van der Waals surface area contributed by atoms with Crippen LogP contribution in [0.3, 0.4) is 0 Å². The van der Waals surface area contributed by atoms with Crippen LogP contribution >= 0.6 is 12.6 Å². The molecule has 2 heteroatoms. The molecule has 0 aromatic carbocycles. The Hall–Kier alpha value is -0.210. The van der Waals surface area contributed by atoms with Crippen LogP contribution < -0.4 is 5.32 Å². The van der Waals surface area contributed by atoms with E-state index in [1.54, 1.807) is 0 Å². The van der Waals surface area contributed by atoms with E-state index in [2.05, 4.69) is 36.2 Å². The molecule has 1 N–H and O–H groups in total. The van der Waals surface area contributed by atoms with Crippen molar-refractivity contribution in [1.29, 1.82) is 0 Å². The van der Waals surface area contributed by atoms with Gasteiger partial charge in [0.05, 0.1) is 11.4 Å². The van der Waals surface area contributed by atoms with Crippen molar-refractivity contribution < 1.29 is 0 Å². The van der Waals surface area contributed by atoms with Gasteiger partial charge in [0.1, 0.15) is 0 Å². The summed E-state index contributed by atoms with van der Waals surface area (Å²) in [6.45, 7) is 0. The van der Waals surface area contributed by atoms with Crippen molar-refractivity contribution in [3.63, 3.8) is 0 Å². The van der Waals surface area contributed by atoms with Gasteiger partial charge in [0.15, 0.2) is 0 Å². The lowest BCUT2D eigenvalue weighted by Crippen LogP contribution is -1.96. The van der Waals surface area contributed by atoms with Crippen LogP contribution in [0.1, 0.15) is 12.8 Å². The second-order valence-electron chi connectivity index (χ2n) is 2.77. The van der Waals surface area contributed by atoms with Crippen LogP contribution in [-0.4, -0.2) is 11.4 Å². The molecular weight excluding hydrogens is 142 g/mol. The minimum Gasteiger partial charge on any atom is -0.295 e. The van der Waals surface area contributed by atoms with Gasteiger partial charge in [-0.05, 0) is 18.4 Å². The van der Waals surface area contributed by atoms with Gasteiger partial charge in [-0.15, -0.1) is 0 Å². The fourth-order valence-electron chi connectivity index (χ4n) is 1.27. The minimum atomic E-state index is 0.411. The quantitative estimate of drug-likeness (QED) is 0.432. The molecule has 0 saturated carbocycles. The van der Waals surface area contributed by atoms with Crippen molar-refractivity contribution in [2.45, 2.75) is 24.3 Å². The number of thiol groups is 1. The van der Waals surface area contributed by atoms with Gasteiger partial charge in [-0.2, -0.15) is 12.6 Å². The highest BCUT2D eigenvalue weighted by Gasteiger charge is 2.34. The zero-order valence-electron chi connectivity index (χ0n) is 5.75. The first kappa shape index (κ1) is 6.50. The summed E-state index contributed by atoms with van der Waals surface area (Å²) in [5.74, 6) is 0. The monoisotopic (exact) mass is 153 g/mol. The molecule has 1 fully saturated rings. The molecule has 54 valence electrons. The molecule has 1 heterocycles. The van der Waals surface area contributed by atoms with Gasteiger partial charge in [-0.3, -0.25) is 5.32 Å². The Labute approximate surface area is 66.6 Å². The van der Waals surface area contributed by atoms with Crippen molar-refractivity contribution in [3.8, 4) is 0 Å². The topological polar surface area (TPSA) is 21.9 Å². The van der Waals surface area contributed by atoms with E-state index in [-0.39, 0.29) is 0 Å². The number of rotatable bonds is 1. The zero-order chi connectivity index (χ0) is 6.97. The molecule has 1 aliphatic heterocycles. The molecule has 0 spiro atoms. The number of nitrogens with one attached hydrogen (secondary N) is 1. The van der Waals surface area contributed by atoms with Crippen molar-refractivity contribution in [3.05, 3.63) is 23.8 Å². The largest absolute Gasteiger partial charge is 0.295 e. The van der Waals surface area contributed by atoms with Crippen LogP contribution in [0.15, 0.2) is 23.8 Å². The Morgan fingerprint density at radius 2 is 2.30 bits per heavy atom. The third kappa shape index (κ3) is 1.13. The van der Waals surface area contributed by atoms with E-state index >= 15 is 0 Å². The third-order valence-corrected chi connectivity index (χ3v) is 2.39. The molecule has 10 heavy (non-hydrogen) atoms. The highest BCUT2D eigenvalue weighted by Crippen LogP contribution is 2.26.